The van der Waals surface area contributed by atoms with E-state index in [0.29, 0.717) is 0 Å². The van der Waals surface area contributed by atoms with Crippen LogP contribution < -0.4 is 10.4 Å². The Labute approximate surface area is 117 Å². The second-order valence-corrected chi connectivity index (χ2v) is 8.47. The number of rotatable bonds is 3. The van der Waals surface area contributed by atoms with Gasteiger partial charge in [-0.05, 0) is 24.8 Å². The third-order valence-electron chi connectivity index (χ3n) is 4.04. The zero-order valence-electron chi connectivity index (χ0n) is 11.2. The first kappa shape index (κ1) is 12.4. The average molecular weight is 264 g/mol. The summed E-state index contributed by atoms with van der Waals surface area (Å²) in [7, 11) is -1.12. The van der Waals surface area contributed by atoms with E-state index >= 15 is 0 Å². The van der Waals surface area contributed by atoms with Gasteiger partial charge in [0.1, 0.15) is 8.80 Å². The van der Waals surface area contributed by atoms with Crippen LogP contribution >= 0.6 is 0 Å². The fourth-order valence-electron chi connectivity index (χ4n) is 3.12. The van der Waals surface area contributed by atoms with E-state index in [9.17, 15) is 0 Å². The summed E-state index contributed by atoms with van der Waals surface area (Å²) in [5.41, 5.74) is 0.776. The highest BCUT2D eigenvalue weighted by Gasteiger charge is 2.25. The molecular formula is C18H20Si. The lowest BCUT2D eigenvalue weighted by Crippen LogP contribution is -2.45. The number of allylic oxidation sites excluding steroid dienone is 2. The molecule has 2 aromatic rings. The predicted octanol–water partition coefficient (Wildman–Crippen LogP) is 3.14. The van der Waals surface area contributed by atoms with Crippen LogP contribution in [0.3, 0.4) is 0 Å². The topological polar surface area (TPSA) is 0 Å². The molecule has 0 radical (unpaired) electrons. The van der Waals surface area contributed by atoms with Crippen molar-refractivity contribution in [2.75, 3.05) is 0 Å². The van der Waals surface area contributed by atoms with Gasteiger partial charge in [0.05, 0.1) is 0 Å². The van der Waals surface area contributed by atoms with Crippen molar-refractivity contribution in [3.8, 4) is 0 Å². The Morgan fingerprint density at radius 3 is 1.84 bits per heavy atom. The largest absolute Gasteiger partial charge is 0.109 e. The van der Waals surface area contributed by atoms with E-state index in [1.54, 1.807) is 10.4 Å². The molecule has 0 saturated carbocycles. The van der Waals surface area contributed by atoms with E-state index < -0.39 is 8.80 Å². The second-order valence-electron chi connectivity index (χ2n) is 5.32. The third kappa shape index (κ3) is 2.87. The fraction of sp³-hybridized carbons (Fsp3) is 0.222. The summed E-state index contributed by atoms with van der Waals surface area (Å²) in [6.07, 6.45) is 8.85. The maximum Gasteiger partial charge on any atom is 0.109 e. The van der Waals surface area contributed by atoms with E-state index in [2.05, 4.69) is 72.8 Å². The Balaban J connectivity index is 2.01. The lowest BCUT2D eigenvalue weighted by molar-refractivity contribution is 0.723. The van der Waals surface area contributed by atoms with Crippen molar-refractivity contribution in [3.63, 3.8) is 0 Å². The molecule has 2 aromatic carbocycles. The average Bonchev–Trinajstić information content (AvgIpc) is 2.51. The molecule has 0 bridgehead atoms. The molecule has 0 heterocycles. The molecule has 3 rings (SSSR count). The Morgan fingerprint density at radius 1 is 0.789 bits per heavy atom. The molecule has 0 aromatic heterocycles. The van der Waals surface area contributed by atoms with Crippen molar-refractivity contribution in [2.24, 2.45) is 0 Å². The number of hydrogen-bond acceptors (Lipinski definition) is 0. The van der Waals surface area contributed by atoms with Crippen molar-refractivity contribution in [1.29, 1.82) is 0 Å². The molecule has 0 saturated heterocycles. The lowest BCUT2D eigenvalue weighted by Gasteiger charge is -2.26. The van der Waals surface area contributed by atoms with Gasteiger partial charge in [-0.2, -0.15) is 0 Å². The molecule has 0 N–H and O–H groups in total. The monoisotopic (exact) mass is 264 g/mol. The Bertz CT molecular complexity index is 491. The van der Waals surface area contributed by atoms with Gasteiger partial charge in [-0.15, -0.1) is 0 Å². The minimum absolute atomic E-state index is 0.776. The van der Waals surface area contributed by atoms with E-state index in [4.69, 9.17) is 0 Å². The van der Waals surface area contributed by atoms with Crippen LogP contribution in [0.15, 0.2) is 72.8 Å². The smallest absolute Gasteiger partial charge is 0.0885 e. The normalized spacial score (nSPS) is 18.7. The van der Waals surface area contributed by atoms with E-state index in [0.717, 1.165) is 5.54 Å². The highest BCUT2D eigenvalue weighted by Crippen LogP contribution is 2.25. The van der Waals surface area contributed by atoms with Gasteiger partial charge in [-0.25, -0.2) is 0 Å². The van der Waals surface area contributed by atoms with Crippen molar-refractivity contribution >= 4 is 19.2 Å². The highest BCUT2D eigenvalue weighted by molar-refractivity contribution is 6.86. The Kier molecular flexibility index (Phi) is 3.94. The van der Waals surface area contributed by atoms with Gasteiger partial charge in [0, 0.05) is 0 Å². The zero-order valence-corrected chi connectivity index (χ0v) is 12.4. The summed E-state index contributed by atoms with van der Waals surface area (Å²) >= 11 is 0. The Hall–Kier alpha value is -1.60. The number of benzene rings is 2. The molecule has 1 unspecified atom stereocenters. The summed E-state index contributed by atoms with van der Waals surface area (Å²) in [5.74, 6) is 0. The van der Waals surface area contributed by atoms with Crippen molar-refractivity contribution in [1.82, 2.24) is 0 Å². The molecule has 19 heavy (non-hydrogen) atoms. The first-order chi connectivity index (χ1) is 9.45. The van der Waals surface area contributed by atoms with Crippen LogP contribution in [-0.2, 0) is 0 Å². The minimum atomic E-state index is -1.12. The summed E-state index contributed by atoms with van der Waals surface area (Å²) in [4.78, 5) is 0. The van der Waals surface area contributed by atoms with Gasteiger partial charge in [0.25, 0.3) is 0 Å². The quantitative estimate of drug-likeness (QED) is 0.590. The van der Waals surface area contributed by atoms with Crippen LogP contribution in [0, 0.1) is 0 Å². The molecular weight excluding hydrogens is 244 g/mol. The third-order valence-corrected chi connectivity index (χ3v) is 7.66. The molecule has 0 fully saturated rings. The van der Waals surface area contributed by atoms with Crippen molar-refractivity contribution in [2.45, 2.75) is 24.8 Å². The number of hydrogen-bond donors (Lipinski definition) is 0. The van der Waals surface area contributed by atoms with Crippen LogP contribution in [0.5, 0.6) is 0 Å². The van der Waals surface area contributed by atoms with E-state index in [1.807, 2.05) is 0 Å². The zero-order chi connectivity index (χ0) is 12.9. The van der Waals surface area contributed by atoms with E-state index in [-0.39, 0.29) is 0 Å². The predicted molar refractivity (Wildman–Crippen MR) is 86.0 cm³/mol. The second kappa shape index (κ2) is 6.03. The molecule has 0 nitrogen and oxygen atoms in total. The van der Waals surface area contributed by atoms with Crippen molar-refractivity contribution < 1.29 is 0 Å². The van der Waals surface area contributed by atoms with Crippen LogP contribution in [0.1, 0.15) is 19.3 Å². The maximum absolute atomic E-state index is 2.49. The molecule has 1 heteroatoms. The van der Waals surface area contributed by atoms with Gasteiger partial charge in [0.2, 0.25) is 0 Å². The fourth-order valence-corrected chi connectivity index (χ4v) is 6.72. The van der Waals surface area contributed by atoms with Crippen LogP contribution in [-0.4, -0.2) is 8.80 Å². The van der Waals surface area contributed by atoms with Gasteiger partial charge in [0.15, 0.2) is 0 Å². The van der Waals surface area contributed by atoms with Crippen molar-refractivity contribution in [3.05, 3.63) is 72.8 Å². The summed E-state index contributed by atoms with van der Waals surface area (Å²) in [6.45, 7) is 0. The van der Waals surface area contributed by atoms with Crippen LogP contribution in [0.2, 0.25) is 5.54 Å². The van der Waals surface area contributed by atoms with Gasteiger partial charge < -0.3 is 0 Å². The molecule has 0 amide bonds. The molecule has 0 aliphatic heterocycles. The Morgan fingerprint density at radius 2 is 1.37 bits per heavy atom. The standard InChI is InChI=1S/C18H20Si/c1-4-10-16(11-5-1)19(17-12-6-2-7-13-17)18-14-8-3-9-15-18/h1-2,4-8,10-14,18-19H,3,9,15H2. The lowest BCUT2D eigenvalue weighted by atomic mass is 10.1. The van der Waals surface area contributed by atoms with Gasteiger partial charge in [-0.1, -0.05) is 83.2 Å². The molecule has 1 aliphatic rings. The first-order valence-corrected chi connectivity index (χ1v) is 9.04. The molecule has 96 valence electrons. The van der Waals surface area contributed by atoms with Crippen LogP contribution in [0.25, 0.3) is 0 Å². The summed E-state index contributed by atoms with van der Waals surface area (Å²) in [6, 6.07) is 22.3. The first-order valence-electron chi connectivity index (χ1n) is 7.22. The van der Waals surface area contributed by atoms with Gasteiger partial charge in [-0.3, -0.25) is 0 Å². The van der Waals surface area contributed by atoms with Gasteiger partial charge >= 0.3 is 0 Å². The molecule has 1 atom stereocenters. The van der Waals surface area contributed by atoms with E-state index in [1.165, 1.54) is 19.3 Å². The SMILES string of the molecule is C1=CC([SiH](c2ccccc2)c2ccccc2)CCC1. The summed E-state index contributed by atoms with van der Waals surface area (Å²) < 4.78 is 0. The molecule has 1 aliphatic carbocycles. The maximum atomic E-state index is 2.49. The van der Waals surface area contributed by atoms with Crippen LogP contribution in [0.4, 0.5) is 0 Å². The minimum Gasteiger partial charge on any atom is -0.0885 e. The molecule has 0 spiro atoms. The highest BCUT2D eigenvalue weighted by atomic mass is 28.3. The summed E-state index contributed by atoms with van der Waals surface area (Å²) in [5, 5.41) is 3.15.